The molecule has 1 aromatic carbocycles. The van der Waals surface area contributed by atoms with Gasteiger partial charge in [-0.25, -0.2) is 4.98 Å². The first-order chi connectivity index (χ1) is 10.6. The fraction of sp³-hybridized carbons (Fsp3) is 0.143. The summed E-state index contributed by atoms with van der Waals surface area (Å²) in [6, 6.07) is 8.74. The molecular weight excluding hydrogens is 322 g/mol. The molecule has 114 valence electrons. The van der Waals surface area contributed by atoms with E-state index in [0.29, 0.717) is 10.7 Å². The number of benzene rings is 1. The monoisotopic (exact) mass is 335 g/mol. The fourth-order valence-electron chi connectivity index (χ4n) is 1.55. The molecule has 0 radical (unpaired) electrons. The van der Waals surface area contributed by atoms with Crippen molar-refractivity contribution >= 4 is 45.7 Å². The number of carbonyl (C=O) groups is 2. The number of methoxy groups -OCH3 is 1. The molecule has 0 saturated heterocycles. The summed E-state index contributed by atoms with van der Waals surface area (Å²) in [7, 11) is 1.33. The molecule has 6 nitrogen and oxygen atoms in total. The molecule has 1 aromatic heterocycles. The molecular formula is C14H13N3O3S2. The molecule has 1 heterocycles. The molecule has 0 atom stereocenters. The molecule has 0 aliphatic carbocycles. The minimum absolute atomic E-state index is 0.146. The normalized spacial score (nSPS) is 9.86. The van der Waals surface area contributed by atoms with E-state index in [-0.39, 0.29) is 23.4 Å². The zero-order chi connectivity index (χ0) is 15.9. The summed E-state index contributed by atoms with van der Waals surface area (Å²) in [5.74, 6) is -0.639. The van der Waals surface area contributed by atoms with E-state index in [9.17, 15) is 9.59 Å². The highest BCUT2D eigenvalue weighted by atomic mass is 32.1. The van der Waals surface area contributed by atoms with Crippen molar-refractivity contribution in [3.05, 3.63) is 47.0 Å². The molecule has 0 fully saturated rings. The van der Waals surface area contributed by atoms with E-state index in [1.165, 1.54) is 18.4 Å². The van der Waals surface area contributed by atoms with Crippen molar-refractivity contribution in [3.63, 3.8) is 0 Å². The largest absolute Gasteiger partial charge is 0.469 e. The number of nitrogens with one attached hydrogen (secondary N) is 2. The van der Waals surface area contributed by atoms with Gasteiger partial charge in [0.15, 0.2) is 10.2 Å². The number of nitrogens with zero attached hydrogens (tertiary/aromatic N) is 1. The van der Waals surface area contributed by atoms with Crippen LogP contribution in [0.25, 0.3) is 0 Å². The number of ether oxygens (including phenoxy) is 1. The predicted molar refractivity (Wildman–Crippen MR) is 88.0 cm³/mol. The van der Waals surface area contributed by atoms with E-state index < -0.39 is 0 Å². The third-order valence-electron chi connectivity index (χ3n) is 2.58. The van der Waals surface area contributed by atoms with Gasteiger partial charge in [0, 0.05) is 16.6 Å². The topological polar surface area (TPSA) is 80.3 Å². The quantitative estimate of drug-likeness (QED) is 0.657. The number of hydrogen-bond donors (Lipinski definition) is 2. The van der Waals surface area contributed by atoms with Crippen LogP contribution >= 0.6 is 23.6 Å². The molecule has 0 saturated carbocycles. The van der Waals surface area contributed by atoms with Gasteiger partial charge in [-0.2, -0.15) is 0 Å². The van der Waals surface area contributed by atoms with Crippen LogP contribution in [0.4, 0.5) is 5.13 Å². The standard InChI is InChI=1S/C14H13N3O3S2/c1-20-11(18)7-10-8-15-14(22-10)17-13(21)16-12(19)9-5-3-2-4-6-9/h2-6,8H,7H2,1H3,(H2,15,16,17,19,21). The number of thiazole rings is 1. The highest BCUT2D eigenvalue weighted by Gasteiger charge is 2.10. The molecule has 0 bridgehead atoms. The van der Waals surface area contributed by atoms with E-state index in [1.807, 2.05) is 6.07 Å². The maximum absolute atomic E-state index is 11.9. The molecule has 2 rings (SSSR count). The lowest BCUT2D eigenvalue weighted by atomic mass is 10.2. The second-order valence-corrected chi connectivity index (χ2v) is 5.68. The number of amides is 1. The van der Waals surface area contributed by atoms with Gasteiger partial charge in [-0.3, -0.25) is 14.9 Å². The Bertz CT molecular complexity index is 686. The van der Waals surface area contributed by atoms with Gasteiger partial charge in [-0.15, -0.1) is 11.3 Å². The Labute approximate surface area is 136 Å². The summed E-state index contributed by atoms with van der Waals surface area (Å²) < 4.78 is 4.58. The van der Waals surface area contributed by atoms with Crippen LogP contribution in [0, 0.1) is 0 Å². The summed E-state index contributed by atoms with van der Waals surface area (Å²) in [6.45, 7) is 0. The lowest BCUT2D eigenvalue weighted by Crippen LogP contribution is -2.34. The van der Waals surface area contributed by atoms with E-state index in [2.05, 4.69) is 20.4 Å². The maximum atomic E-state index is 11.9. The summed E-state index contributed by atoms with van der Waals surface area (Å²) >= 11 is 6.33. The Kier molecular flexibility index (Phi) is 5.56. The Morgan fingerprint density at radius 1 is 1.32 bits per heavy atom. The fourth-order valence-corrected chi connectivity index (χ4v) is 2.61. The second-order valence-electron chi connectivity index (χ2n) is 4.16. The molecule has 0 unspecified atom stereocenters. The first kappa shape index (κ1) is 16.1. The van der Waals surface area contributed by atoms with Crippen LogP contribution in [0.1, 0.15) is 15.2 Å². The summed E-state index contributed by atoms with van der Waals surface area (Å²) in [6.07, 6.45) is 1.71. The molecule has 1 amide bonds. The highest BCUT2D eigenvalue weighted by molar-refractivity contribution is 7.80. The number of carbonyl (C=O) groups excluding carboxylic acids is 2. The molecule has 0 aliphatic rings. The minimum Gasteiger partial charge on any atom is -0.469 e. The van der Waals surface area contributed by atoms with Crippen molar-refractivity contribution in [3.8, 4) is 0 Å². The zero-order valence-electron chi connectivity index (χ0n) is 11.7. The van der Waals surface area contributed by atoms with Gasteiger partial charge in [-0.05, 0) is 24.4 Å². The SMILES string of the molecule is COC(=O)Cc1cnc(NC(=S)NC(=O)c2ccccc2)s1. The van der Waals surface area contributed by atoms with Crippen LogP contribution < -0.4 is 10.6 Å². The van der Waals surface area contributed by atoms with Gasteiger partial charge in [0.05, 0.1) is 13.5 Å². The van der Waals surface area contributed by atoms with E-state index in [1.54, 1.807) is 30.5 Å². The number of esters is 1. The lowest BCUT2D eigenvalue weighted by molar-refractivity contribution is -0.139. The number of anilines is 1. The van der Waals surface area contributed by atoms with E-state index >= 15 is 0 Å². The molecule has 2 aromatic rings. The zero-order valence-corrected chi connectivity index (χ0v) is 13.3. The first-order valence-electron chi connectivity index (χ1n) is 6.27. The Hall–Kier alpha value is -2.32. The van der Waals surface area contributed by atoms with Crippen LogP contribution in [0.3, 0.4) is 0 Å². The van der Waals surface area contributed by atoms with E-state index in [4.69, 9.17) is 12.2 Å². The van der Waals surface area contributed by atoms with Gasteiger partial charge in [0.2, 0.25) is 0 Å². The first-order valence-corrected chi connectivity index (χ1v) is 7.50. The van der Waals surface area contributed by atoms with Gasteiger partial charge in [0.1, 0.15) is 0 Å². The van der Waals surface area contributed by atoms with Crippen molar-refractivity contribution in [1.29, 1.82) is 0 Å². The van der Waals surface area contributed by atoms with Crippen LogP contribution in [-0.4, -0.2) is 29.1 Å². The maximum Gasteiger partial charge on any atom is 0.310 e. The van der Waals surface area contributed by atoms with E-state index in [0.717, 1.165) is 4.88 Å². The Balaban J connectivity index is 1.90. The Morgan fingerprint density at radius 2 is 2.05 bits per heavy atom. The molecule has 8 heteroatoms. The number of hydrogen-bond acceptors (Lipinski definition) is 6. The summed E-state index contributed by atoms with van der Waals surface area (Å²) in [5.41, 5.74) is 0.511. The smallest absolute Gasteiger partial charge is 0.310 e. The number of aromatic nitrogens is 1. The summed E-state index contributed by atoms with van der Waals surface area (Å²) in [4.78, 5) is 27.9. The number of rotatable bonds is 4. The average molecular weight is 335 g/mol. The number of thiocarbonyl (C=S) groups is 1. The van der Waals surface area contributed by atoms with Crippen molar-refractivity contribution < 1.29 is 14.3 Å². The highest BCUT2D eigenvalue weighted by Crippen LogP contribution is 2.18. The van der Waals surface area contributed by atoms with Gasteiger partial charge in [-0.1, -0.05) is 18.2 Å². The summed E-state index contributed by atoms with van der Waals surface area (Å²) in [5, 5.41) is 6.01. The van der Waals surface area contributed by atoms with Crippen molar-refractivity contribution in [1.82, 2.24) is 10.3 Å². The third kappa shape index (κ3) is 4.61. The van der Waals surface area contributed by atoms with Crippen LogP contribution in [-0.2, 0) is 16.0 Å². The van der Waals surface area contributed by atoms with Crippen LogP contribution in [0.5, 0.6) is 0 Å². The van der Waals surface area contributed by atoms with Crippen molar-refractivity contribution in [2.24, 2.45) is 0 Å². The molecule has 22 heavy (non-hydrogen) atoms. The molecule has 2 N–H and O–H groups in total. The van der Waals surface area contributed by atoms with Crippen LogP contribution in [0.15, 0.2) is 36.5 Å². The molecule has 0 aliphatic heterocycles. The average Bonchev–Trinajstić information content (AvgIpc) is 2.94. The van der Waals surface area contributed by atoms with Crippen molar-refractivity contribution in [2.45, 2.75) is 6.42 Å². The van der Waals surface area contributed by atoms with Gasteiger partial charge >= 0.3 is 5.97 Å². The van der Waals surface area contributed by atoms with Crippen molar-refractivity contribution in [2.75, 3.05) is 12.4 Å². The second kappa shape index (κ2) is 7.62. The lowest BCUT2D eigenvalue weighted by Gasteiger charge is -2.06. The Morgan fingerprint density at radius 3 is 2.73 bits per heavy atom. The van der Waals surface area contributed by atoms with Gasteiger partial charge < -0.3 is 10.1 Å². The third-order valence-corrected chi connectivity index (χ3v) is 3.70. The minimum atomic E-state index is -0.338. The van der Waals surface area contributed by atoms with Gasteiger partial charge in [0.25, 0.3) is 5.91 Å². The van der Waals surface area contributed by atoms with Crippen LogP contribution in [0.2, 0.25) is 0 Å². The predicted octanol–water partition coefficient (Wildman–Crippen LogP) is 1.99. The molecule has 0 spiro atoms.